The summed E-state index contributed by atoms with van der Waals surface area (Å²) in [4.78, 5) is 10.9. The van der Waals surface area contributed by atoms with Crippen LogP contribution in [0.25, 0.3) is 0 Å². The molecule has 1 heterocycles. The summed E-state index contributed by atoms with van der Waals surface area (Å²) in [6.45, 7) is 0. The quantitative estimate of drug-likeness (QED) is 0.756. The lowest BCUT2D eigenvalue weighted by Gasteiger charge is -2.32. The van der Waals surface area contributed by atoms with Gasteiger partial charge in [-0.1, -0.05) is 0 Å². The van der Waals surface area contributed by atoms with Gasteiger partial charge in [0.25, 0.3) is 0 Å². The monoisotopic (exact) mass is 261 g/mol. The van der Waals surface area contributed by atoms with Crippen LogP contribution in [0.3, 0.4) is 0 Å². The second-order valence-corrected chi connectivity index (χ2v) is 4.10. The van der Waals surface area contributed by atoms with Crippen LogP contribution in [0.2, 0.25) is 0 Å². The summed E-state index contributed by atoms with van der Waals surface area (Å²) < 4.78 is 42.9. The van der Waals surface area contributed by atoms with Crippen LogP contribution in [-0.4, -0.2) is 23.4 Å². The number of carbonyl (C=O) groups is 1. The molecule has 0 aliphatic carbocycles. The molecule has 7 heteroatoms. The SMILES string of the molecule is Nc1ccc2c(c1)CC(C(=O)O)C(C(F)(F)F)O2. The van der Waals surface area contributed by atoms with Crippen molar-refractivity contribution in [3.05, 3.63) is 23.8 Å². The van der Waals surface area contributed by atoms with E-state index in [0.29, 0.717) is 11.3 Å². The summed E-state index contributed by atoms with van der Waals surface area (Å²) in [5.74, 6) is -3.16. The Morgan fingerprint density at radius 3 is 2.67 bits per heavy atom. The normalized spacial score (nSPS) is 23.1. The van der Waals surface area contributed by atoms with Crippen molar-refractivity contribution in [3.8, 4) is 5.75 Å². The zero-order valence-electron chi connectivity index (χ0n) is 9.07. The Labute approximate surface area is 100 Å². The van der Waals surface area contributed by atoms with Crippen molar-refractivity contribution in [3.63, 3.8) is 0 Å². The summed E-state index contributed by atoms with van der Waals surface area (Å²) in [6, 6.07) is 4.16. The van der Waals surface area contributed by atoms with Gasteiger partial charge in [0.05, 0.1) is 0 Å². The van der Waals surface area contributed by atoms with Gasteiger partial charge in [0.1, 0.15) is 11.7 Å². The van der Waals surface area contributed by atoms with Gasteiger partial charge in [-0.2, -0.15) is 13.2 Å². The van der Waals surface area contributed by atoms with E-state index < -0.39 is 24.2 Å². The fourth-order valence-electron chi connectivity index (χ4n) is 1.95. The zero-order chi connectivity index (χ0) is 13.5. The first kappa shape index (κ1) is 12.5. The number of hydrogen-bond acceptors (Lipinski definition) is 3. The predicted molar refractivity (Wildman–Crippen MR) is 56.2 cm³/mol. The minimum atomic E-state index is -4.72. The van der Waals surface area contributed by atoms with Crippen molar-refractivity contribution >= 4 is 11.7 Å². The maximum Gasteiger partial charge on any atom is 0.426 e. The molecule has 18 heavy (non-hydrogen) atoms. The third-order valence-electron chi connectivity index (χ3n) is 2.78. The number of nitrogens with two attached hydrogens (primary N) is 1. The van der Waals surface area contributed by atoms with Crippen molar-refractivity contribution in [2.75, 3.05) is 5.73 Å². The third kappa shape index (κ3) is 2.20. The third-order valence-corrected chi connectivity index (χ3v) is 2.78. The number of halogens is 3. The topological polar surface area (TPSA) is 72.6 Å². The summed E-state index contributed by atoms with van der Waals surface area (Å²) in [5, 5.41) is 8.86. The van der Waals surface area contributed by atoms with Crippen molar-refractivity contribution in [2.24, 2.45) is 5.92 Å². The van der Waals surface area contributed by atoms with Gasteiger partial charge in [-0.05, 0) is 30.2 Å². The Kier molecular flexibility index (Phi) is 2.84. The highest BCUT2D eigenvalue weighted by atomic mass is 19.4. The molecular formula is C11H10F3NO3. The lowest BCUT2D eigenvalue weighted by atomic mass is 9.90. The smallest absolute Gasteiger partial charge is 0.426 e. The number of benzene rings is 1. The van der Waals surface area contributed by atoms with E-state index in [0.717, 1.165) is 0 Å². The first-order valence-electron chi connectivity index (χ1n) is 5.13. The Balaban J connectivity index is 2.40. The van der Waals surface area contributed by atoms with Crippen molar-refractivity contribution < 1.29 is 27.8 Å². The number of fused-ring (bicyclic) bond motifs is 1. The molecule has 0 radical (unpaired) electrons. The van der Waals surface area contributed by atoms with Gasteiger partial charge in [0, 0.05) is 5.69 Å². The van der Waals surface area contributed by atoms with Crippen LogP contribution < -0.4 is 10.5 Å². The molecule has 2 rings (SSSR count). The molecular weight excluding hydrogens is 251 g/mol. The predicted octanol–water partition coefficient (Wildman–Crippen LogP) is 1.84. The Hall–Kier alpha value is -1.92. The van der Waals surface area contributed by atoms with Gasteiger partial charge in [0.15, 0.2) is 0 Å². The van der Waals surface area contributed by atoms with Crippen molar-refractivity contribution in [1.29, 1.82) is 0 Å². The second kappa shape index (κ2) is 4.08. The molecule has 2 unspecified atom stereocenters. The number of aliphatic carboxylic acids is 1. The number of carboxylic acid groups (broad SMARTS) is 1. The molecule has 0 spiro atoms. The van der Waals surface area contributed by atoms with Gasteiger partial charge in [0.2, 0.25) is 6.10 Å². The lowest BCUT2D eigenvalue weighted by molar-refractivity contribution is -0.217. The number of carboxylic acids is 1. The van der Waals surface area contributed by atoms with E-state index in [1.807, 2.05) is 0 Å². The van der Waals surface area contributed by atoms with E-state index in [9.17, 15) is 18.0 Å². The molecule has 0 amide bonds. The molecule has 3 N–H and O–H groups in total. The lowest BCUT2D eigenvalue weighted by Crippen LogP contribution is -2.47. The summed E-state index contributed by atoms with van der Waals surface area (Å²) in [6.07, 6.45) is -7.30. The highest BCUT2D eigenvalue weighted by Crippen LogP contribution is 2.38. The first-order valence-corrected chi connectivity index (χ1v) is 5.13. The average Bonchev–Trinajstić information content (AvgIpc) is 2.25. The number of anilines is 1. The Morgan fingerprint density at radius 1 is 1.44 bits per heavy atom. The summed E-state index contributed by atoms with van der Waals surface area (Å²) in [7, 11) is 0. The molecule has 0 aromatic heterocycles. The number of ether oxygens (including phenoxy) is 1. The van der Waals surface area contributed by atoms with Crippen LogP contribution in [0.15, 0.2) is 18.2 Å². The molecule has 0 fully saturated rings. The van der Waals surface area contributed by atoms with E-state index in [1.165, 1.54) is 18.2 Å². The summed E-state index contributed by atoms with van der Waals surface area (Å²) in [5.41, 5.74) is 6.23. The average molecular weight is 261 g/mol. The van der Waals surface area contributed by atoms with Crippen LogP contribution in [0.5, 0.6) is 5.75 Å². The second-order valence-electron chi connectivity index (χ2n) is 4.10. The van der Waals surface area contributed by atoms with Crippen LogP contribution >= 0.6 is 0 Å². The minimum Gasteiger partial charge on any atom is -0.481 e. The van der Waals surface area contributed by atoms with Gasteiger partial charge >= 0.3 is 12.1 Å². The molecule has 1 aliphatic heterocycles. The number of alkyl halides is 3. The first-order chi connectivity index (χ1) is 8.29. The van der Waals surface area contributed by atoms with E-state index >= 15 is 0 Å². The van der Waals surface area contributed by atoms with Gasteiger partial charge in [-0.25, -0.2) is 0 Å². The number of hydrogen-bond donors (Lipinski definition) is 2. The van der Waals surface area contributed by atoms with Crippen LogP contribution in [0, 0.1) is 5.92 Å². The largest absolute Gasteiger partial charge is 0.481 e. The minimum absolute atomic E-state index is 0.0315. The number of rotatable bonds is 1. The van der Waals surface area contributed by atoms with Crippen molar-refractivity contribution in [1.82, 2.24) is 0 Å². The highest BCUT2D eigenvalue weighted by molar-refractivity contribution is 5.72. The van der Waals surface area contributed by atoms with Gasteiger partial charge in [-0.3, -0.25) is 4.79 Å². The van der Waals surface area contributed by atoms with Gasteiger partial charge in [-0.15, -0.1) is 0 Å². The van der Waals surface area contributed by atoms with Crippen LogP contribution in [0.4, 0.5) is 18.9 Å². The maximum absolute atomic E-state index is 12.7. The van der Waals surface area contributed by atoms with Crippen LogP contribution in [-0.2, 0) is 11.2 Å². The highest BCUT2D eigenvalue weighted by Gasteiger charge is 2.52. The Bertz CT molecular complexity index is 487. The molecule has 4 nitrogen and oxygen atoms in total. The molecule has 0 saturated carbocycles. The maximum atomic E-state index is 12.7. The number of nitrogen functional groups attached to an aromatic ring is 1. The molecule has 98 valence electrons. The van der Waals surface area contributed by atoms with E-state index in [4.69, 9.17) is 15.6 Å². The molecule has 0 bridgehead atoms. The fraction of sp³-hybridized carbons (Fsp3) is 0.364. The molecule has 0 saturated heterocycles. The molecule has 1 aromatic carbocycles. The summed E-state index contributed by atoms with van der Waals surface area (Å²) >= 11 is 0. The zero-order valence-corrected chi connectivity index (χ0v) is 9.07. The Morgan fingerprint density at radius 2 is 2.11 bits per heavy atom. The fourth-order valence-corrected chi connectivity index (χ4v) is 1.95. The molecule has 1 aromatic rings. The molecule has 2 atom stereocenters. The van der Waals surface area contributed by atoms with E-state index in [1.54, 1.807) is 0 Å². The van der Waals surface area contributed by atoms with Crippen molar-refractivity contribution in [2.45, 2.75) is 18.7 Å². The standard InChI is InChI=1S/C11H10F3NO3/c12-11(13,14)9-7(10(16)17)4-5-3-6(15)1-2-8(5)18-9/h1-3,7,9H,4,15H2,(H,16,17). The van der Waals surface area contributed by atoms with Gasteiger partial charge < -0.3 is 15.6 Å². The van der Waals surface area contributed by atoms with Crippen LogP contribution in [0.1, 0.15) is 5.56 Å². The molecule has 1 aliphatic rings. The van der Waals surface area contributed by atoms with E-state index in [-0.39, 0.29) is 12.2 Å². The van der Waals surface area contributed by atoms with E-state index in [2.05, 4.69) is 0 Å².